The lowest BCUT2D eigenvalue weighted by atomic mass is 10.0. The number of amides is 2. The van der Waals surface area contributed by atoms with Crippen LogP contribution in [0.15, 0.2) is 0 Å². The van der Waals surface area contributed by atoms with Gasteiger partial charge in [-0.25, -0.2) is 9.59 Å². The van der Waals surface area contributed by atoms with Crippen LogP contribution in [0.4, 0.5) is 0 Å². The van der Waals surface area contributed by atoms with Crippen LogP contribution in [-0.4, -0.2) is 97.7 Å². The van der Waals surface area contributed by atoms with Crippen molar-refractivity contribution < 1.29 is 54.6 Å². The first-order valence-corrected chi connectivity index (χ1v) is 9.12. The van der Waals surface area contributed by atoms with Crippen LogP contribution in [0, 0.1) is 0 Å². The standard InChI is InChI=1S/C17H27N2O11/c20-8-4-5-9(16(27)28)19-10(21)6-2-1-3-7-18-15(26)13(24)11(22)12(23)14(25)17(29)30/h9,11-14,22-25H,1-7H2,(H,18,26)(H,19,21)(H,27,28)(H,29,30)/t9-,11+,12-,13-,14+/m0/s1. The van der Waals surface area contributed by atoms with Crippen LogP contribution in [0.3, 0.4) is 0 Å². The van der Waals surface area contributed by atoms with Crippen LogP contribution in [-0.2, 0) is 24.0 Å². The Morgan fingerprint density at radius 1 is 0.833 bits per heavy atom. The molecule has 0 saturated carbocycles. The van der Waals surface area contributed by atoms with Gasteiger partial charge in [-0.05, 0) is 19.3 Å². The van der Waals surface area contributed by atoms with E-state index < -0.39 is 54.2 Å². The Kier molecular flexibility index (Phi) is 13.1. The number of unbranched alkanes of at least 4 members (excludes halogenated alkanes) is 2. The van der Waals surface area contributed by atoms with E-state index in [9.17, 15) is 39.3 Å². The Hall–Kier alpha value is -2.61. The largest absolute Gasteiger partial charge is 0.480 e. The fourth-order valence-corrected chi connectivity index (χ4v) is 2.31. The average Bonchev–Trinajstić information content (AvgIpc) is 2.70. The summed E-state index contributed by atoms with van der Waals surface area (Å²) in [6.45, 7) is 0.0364. The Balaban J connectivity index is 4.13. The van der Waals surface area contributed by atoms with E-state index >= 15 is 0 Å². The molecule has 0 spiro atoms. The minimum atomic E-state index is -2.38. The minimum Gasteiger partial charge on any atom is -0.480 e. The molecule has 0 unspecified atom stereocenters. The summed E-state index contributed by atoms with van der Waals surface area (Å²) in [5.41, 5.74) is 0. The summed E-state index contributed by atoms with van der Waals surface area (Å²) < 4.78 is 0. The van der Waals surface area contributed by atoms with E-state index in [1.165, 1.54) is 0 Å². The topological polar surface area (TPSA) is 231 Å². The number of carbonyl (C=O) groups excluding carboxylic acids is 3. The molecule has 30 heavy (non-hydrogen) atoms. The van der Waals surface area contributed by atoms with Gasteiger partial charge < -0.3 is 41.3 Å². The lowest BCUT2D eigenvalue weighted by Crippen LogP contribution is -2.52. The minimum absolute atomic E-state index is 0.0170. The number of carboxylic acids is 2. The van der Waals surface area contributed by atoms with Gasteiger partial charge in [0, 0.05) is 19.4 Å². The molecule has 1 radical (unpaired) electrons. The first kappa shape index (κ1) is 27.4. The lowest BCUT2D eigenvalue weighted by molar-refractivity contribution is -0.166. The van der Waals surface area contributed by atoms with E-state index in [0.29, 0.717) is 19.3 Å². The van der Waals surface area contributed by atoms with E-state index in [0.717, 1.165) is 0 Å². The van der Waals surface area contributed by atoms with Crippen molar-refractivity contribution in [1.82, 2.24) is 10.6 Å². The molecule has 0 rings (SSSR count). The van der Waals surface area contributed by atoms with Crippen LogP contribution >= 0.6 is 0 Å². The second kappa shape index (κ2) is 14.4. The number of nitrogens with one attached hydrogen (secondary N) is 2. The number of rotatable bonds is 16. The maximum Gasteiger partial charge on any atom is 0.335 e. The number of carbonyl (C=O) groups is 4. The highest BCUT2D eigenvalue weighted by molar-refractivity contribution is 5.83. The van der Waals surface area contributed by atoms with Crippen molar-refractivity contribution in [3.05, 3.63) is 0 Å². The molecule has 0 saturated heterocycles. The summed E-state index contributed by atoms with van der Waals surface area (Å²) in [5, 5.41) is 59.6. The van der Waals surface area contributed by atoms with Gasteiger partial charge >= 0.3 is 11.9 Å². The van der Waals surface area contributed by atoms with Crippen molar-refractivity contribution >= 4 is 30.0 Å². The molecule has 0 bridgehead atoms. The predicted octanol–water partition coefficient (Wildman–Crippen LogP) is -3.35. The number of carboxylic acid groups (broad SMARTS) is 2. The molecule has 0 aromatic rings. The van der Waals surface area contributed by atoms with Gasteiger partial charge in [0.2, 0.25) is 5.91 Å². The van der Waals surface area contributed by atoms with Crippen LogP contribution in [0.2, 0.25) is 0 Å². The molecule has 0 aromatic heterocycles. The summed E-state index contributed by atoms with van der Waals surface area (Å²) in [4.78, 5) is 55.0. The maximum absolute atomic E-state index is 11.7. The van der Waals surface area contributed by atoms with E-state index in [1.54, 1.807) is 6.29 Å². The Morgan fingerprint density at radius 3 is 1.97 bits per heavy atom. The molecule has 0 aliphatic carbocycles. The summed E-state index contributed by atoms with van der Waals surface area (Å²) in [6, 6.07) is -1.18. The molecule has 2 amide bonds. The Bertz CT molecular complexity index is 598. The van der Waals surface area contributed by atoms with Crippen molar-refractivity contribution in [2.75, 3.05) is 6.54 Å². The highest BCUT2D eigenvalue weighted by Crippen LogP contribution is 2.06. The van der Waals surface area contributed by atoms with E-state index in [1.807, 2.05) is 0 Å². The fourth-order valence-electron chi connectivity index (χ4n) is 2.31. The molecule has 13 heteroatoms. The normalized spacial score (nSPS) is 15.9. The third kappa shape index (κ3) is 10.2. The number of hydrogen-bond acceptors (Lipinski definition) is 9. The first-order valence-electron chi connectivity index (χ1n) is 9.12. The second-order valence-electron chi connectivity index (χ2n) is 6.45. The van der Waals surface area contributed by atoms with Crippen molar-refractivity contribution in [2.24, 2.45) is 0 Å². The molecule has 13 nitrogen and oxygen atoms in total. The smallest absolute Gasteiger partial charge is 0.335 e. The molecule has 0 aromatic carbocycles. The first-order chi connectivity index (χ1) is 14.0. The molecular weight excluding hydrogens is 408 g/mol. The third-order valence-electron chi connectivity index (χ3n) is 4.07. The molecule has 8 N–H and O–H groups in total. The van der Waals surface area contributed by atoms with Crippen LogP contribution in [0.1, 0.15) is 38.5 Å². The number of aliphatic hydroxyl groups is 4. The van der Waals surface area contributed by atoms with Crippen molar-refractivity contribution in [1.29, 1.82) is 0 Å². The molecule has 0 aliphatic heterocycles. The maximum atomic E-state index is 11.7. The van der Waals surface area contributed by atoms with Gasteiger partial charge in [-0.2, -0.15) is 0 Å². The number of aliphatic hydroxyl groups excluding tert-OH is 4. The molecule has 0 fully saturated rings. The van der Waals surface area contributed by atoms with E-state index in [2.05, 4.69) is 10.6 Å². The van der Waals surface area contributed by atoms with Gasteiger partial charge in [0.15, 0.2) is 18.5 Å². The zero-order chi connectivity index (χ0) is 23.3. The fraction of sp³-hybridized carbons (Fsp3) is 0.706. The molecule has 5 atom stereocenters. The predicted molar refractivity (Wildman–Crippen MR) is 97.6 cm³/mol. The van der Waals surface area contributed by atoms with Gasteiger partial charge in [-0.1, -0.05) is 6.42 Å². The highest BCUT2D eigenvalue weighted by Gasteiger charge is 2.37. The lowest BCUT2D eigenvalue weighted by Gasteiger charge is -2.23. The van der Waals surface area contributed by atoms with Gasteiger partial charge in [-0.3, -0.25) is 14.4 Å². The summed E-state index contributed by atoms with van der Waals surface area (Å²) in [7, 11) is 0. The monoisotopic (exact) mass is 435 g/mol. The number of hydrogen-bond donors (Lipinski definition) is 8. The molecule has 171 valence electrons. The van der Waals surface area contributed by atoms with Gasteiger partial charge in [-0.15, -0.1) is 0 Å². The SMILES string of the molecule is O=[C]CC[C@H](NC(=O)CCCCCNC(=O)[C@@H](O)[C@H](O)[C@H](O)[C@@H](O)C(=O)O)C(=O)O. The molecular formula is C17H27N2O11. The van der Waals surface area contributed by atoms with E-state index in [4.69, 9.17) is 15.3 Å². The summed E-state index contributed by atoms with van der Waals surface area (Å²) in [5.74, 6) is -4.70. The van der Waals surface area contributed by atoms with Gasteiger partial charge in [0.1, 0.15) is 18.2 Å². The summed E-state index contributed by atoms with van der Waals surface area (Å²) >= 11 is 0. The zero-order valence-electron chi connectivity index (χ0n) is 16.1. The van der Waals surface area contributed by atoms with Crippen LogP contribution < -0.4 is 10.6 Å². The third-order valence-corrected chi connectivity index (χ3v) is 4.07. The van der Waals surface area contributed by atoms with Gasteiger partial charge in [0.25, 0.3) is 5.91 Å². The van der Waals surface area contributed by atoms with Gasteiger partial charge in [0.05, 0.1) is 0 Å². The number of aliphatic carboxylic acids is 2. The quantitative estimate of drug-likeness (QED) is 0.112. The second-order valence-corrected chi connectivity index (χ2v) is 6.45. The Morgan fingerprint density at radius 2 is 1.43 bits per heavy atom. The summed E-state index contributed by atoms with van der Waals surface area (Å²) in [6.07, 6.45) is -6.50. The van der Waals surface area contributed by atoms with Crippen molar-refractivity contribution in [3.63, 3.8) is 0 Å². The van der Waals surface area contributed by atoms with Crippen molar-refractivity contribution in [2.45, 2.75) is 69.0 Å². The molecule has 0 heterocycles. The zero-order valence-corrected chi connectivity index (χ0v) is 16.1. The van der Waals surface area contributed by atoms with Crippen LogP contribution in [0.5, 0.6) is 0 Å². The van der Waals surface area contributed by atoms with E-state index in [-0.39, 0.29) is 25.8 Å². The Labute approximate surface area is 171 Å². The highest BCUT2D eigenvalue weighted by atomic mass is 16.4. The van der Waals surface area contributed by atoms with Crippen LogP contribution in [0.25, 0.3) is 0 Å². The van der Waals surface area contributed by atoms with Crippen molar-refractivity contribution in [3.8, 4) is 0 Å². The molecule has 0 aliphatic rings. The average molecular weight is 435 g/mol.